The zero-order valence-corrected chi connectivity index (χ0v) is 19.4. The van der Waals surface area contributed by atoms with E-state index in [1.54, 1.807) is 24.4 Å². The highest BCUT2D eigenvalue weighted by molar-refractivity contribution is 7.80. The quantitative estimate of drug-likeness (QED) is 0.496. The first-order chi connectivity index (χ1) is 16.6. The van der Waals surface area contributed by atoms with E-state index in [0.717, 1.165) is 50.8 Å². The number of aromatic nitrogens is 1. The molecule has 0 saturated carbocycles. The average Bonchev–Trinajstić information content (AvgIpc) is 3.48. The van der Waals surface area contributed by atoms with Crippen LogP contribution in [0.3, 0.4) is 0 Å². The van der Waals surface area contributed by atoms with Gasteiger partial charge in [0, 0.05) is 37.9 Å². The van der Waals surface area contributed by atoms with Gasteiger partial charge in [-0.3, -0.25) is 9.88 Å². The van der Waals surface area contributed by atoms with E-state index >= 15 is 0 Å². The first-order valence-electron chi connectivity index (χ1n) is 11.3. The van der Waals surface area contributed by atoms with Gasteiger partial charge in [-0.2, -0.15) is 0 Å². The molecular formula is C25H26N4O4S. The van der Waals surface area contributed by atoms with Crippen molar-refractivity contribution in [3.05, 3.63) is 77.8 Å². The fourth-order valence-corrected chi connectivity index (χ4v) is 4.83. The average molecular weight is 479 g/mol. The van der Waals surface area contributed by atoms with E-state index in [0.29, 0.717) is 16.4 Å². The van der Waals surface area contributed by atoms with E-state index in [4.69, 9.17) is 21.4 Å². The van der Waals surface area contributed by atoms with Crippen LogP contribution in [0.15, 0.2) is 65.2 Å². The Morgan fingerprint density at radius 1 is 1.12 bits per heavy atom. The van der Waals surface area contributed by atoms with Gasteiger partial charge < -0.3 is 24.5 Å². The summed E-state index contributed by atoms with van der Waals surface area (Å²) in [6, 6.07) is 16.1. The number of morpholine rings is 1. The molecule has 0 aliphatic carbocycles. The van der Waals surface area contributed by atoms with Gasteiger partial charge in [-0.1, -0.05) is 18.2 Å². The lowest BCUT2D eigenvalue weighted by Gasteiger charge is -2.31. The summed E-state index contributed by atoms with van der Waals surface area (Å²) in [6.07, 6.45) is 1.78. The number of aromatic carboxylic acids is 1. The van der Waals surface area contributed by atoms with Crippen molar-refractivity contribution in [2.45, 2.75) is 12.1 Å². The second kappa shape index (κ2) is 9.92. The van der Waals surface area contributed by atoms with Crippen LogP contribution in [0.2, 0.25) is 0 Å². The monoisotopic (exact) mass is 478 g/mol. The van der Waals surface area contributed by atoms with E-state index in [1.807, 2.05) is 36.4 Å². The number of nitrogens with zero attached hydrogens (tertiary/aromatic N) is 3. The number of carboxylic acid groups (broad SMARTS) is 1. The van der Waals surface area contributed by atoms with Crippen molar-refractivity contribution in [1.29, 1.82) is 0 Å². The Morgan fingerprint density at radius 3 is 2.74 bits per heavy atom. The van der Waals surface area contributed by atoms with Crippen molar-refractivity contribution in [3.8, 4) is 11.3 Å². The number of carboxylic acids is 1. The van der Waals surface area contributed by atoms with Crippen molar-refractivity contribution in [2.75, 3.05) is 39.4 Å². The molecule has 0 radical (unpaired) electrons. The standard InChI is InChI=1S/C25H26N4O4S/c30-24(31)18-5-3-4-17(16-18)20-7-8-21(33-20)23-22(19-6-1-2-9-26-19)27-25(34)29(23)11-10-28-12-14-32-15-13-28/h1-9,16,22-23H,10-15H2,(H,27,34)(H,30,31)/t22-,23-/m1/s1. The minimum absolute atomic E-state index is 0.164. The fraction of sp³-hybridized carbons (Fsp3) is 0.320. The fourth-order valence-electron chi connectivity index (χ4n) is 4.50. The van der Waals surface area contributed by atoms with Crippen LogP contribution in [0.4, 0.5) is 0 Å². The van der Waals surface area contributed by atoms with Gasteiger partial charge in [-0.15, -0.1) is 0 Å². The van der Waals surface area contributed by atoms with Gasteiger partial charge in [0.1, 0.15) is 17.6 Å². The van der Waals surface area contributed by atoms with Crippen LogP contribution in [0.5, 0.6) is 0 Å². The molecule has 2 fully saturated rings. The molecule has 0 spiro atoms. The van der Waals surface area contributed by atoms with Gasteiger partial charge in [0.2, 0.25) is 0 Å². The smallest absolute Gasteiger partial charge is 0.335 e. The van der Waals surface area contributed by atoms with Crippen LogP contribution in [0.25, 0.3) is 11.3 Å². The number of thiocarbonyl (C=S) groups is 1. The molecule has 176 valence electrons. The predicted molar refractivity (Wildman–Crippen MR) is 131 cm³/mol. The lowest BCUT2D eigenvalue weighted by Crippen LogP contribution is -2.42. The predicted octanol–water partition coefficient (Wildman–Crippen LogP) is 3.34. The molecule has 34 heavy (non-hydrogen) atoms. The molecule has 5 rings (SSSR count). The molecule has 2 atom stereocenters. The molecule has 8 nitrogen and oxygen atoms in total. The Labute approximate surface area is 203 Å². The summed E-state index contributed by atoms with van der Waals surface area (Å²) >= 11 is 5.74. The molecule has 0 unspecified atom stereocenters. The van der Waals surface area contributed by atoms with Crippen LogP contribution < -0.4 is 5.32 Å². The molecule has 2 N–H and O–H groups in total. The van der Waals surface area contributed by atoms with Gasteiger partial charge >= 0.3 is 5.97 Å². The molecule has 2 aromatic heterocycles. The zero-order valence-electron chi connectivity index (χ0n) is 18.6. The Hall–Kier alpha value is -3.27. The number of furan rings is 1. The Balaban J connectivity index is 1.45. The topological polar surface area (TPSA) is 91.1 Å². The first-order valence-corrected chi connectivity index (χ1v) is 11.7. The highest BCUT2D eigenvalue weighted by atomic mass is 32.1. The van der Waals surface area contributed by atoms with E-state index in [9.17, 15) is 9.90 Å². The highest BCUT2D eigenvalue weighted by Crippen LogP contribution is 2.40. The van der Waals surface area contributed by atoms with Gasteiger partial charge in [0.15, 0.2) is 5.11 Å². The number of rotatable bonds is 7. The lowest BCUT2D eigenvalue weighted by molar-refractivity contribution is 0.0347. The highest BCUT2D eigenvalue weighted by Gasteiger charge is 2.41. The normalized spacial score (nSPS) is 20.9. The SMILES string of the molecule is O=C(O)c1cccc(-c2ccc([C@@H]3[C@@H](c4ccccn4)NC(=S)N3CCN3CCOCC3)o2)c1. The largest absolute Gasteiger partial charge is 0.478 e. The van der Waals surface area contributed by atoms with Crippen LogP contribution in [0.1, 0.15) is 33.9 Å². The maximum Gasteiger partial charge on any atom is 0.335 e. The van der Waals surface area contributed by atoms with Crippen LogP contribution in [0, 0.1) is 0 Å². The maximum absolute atomic E-state index is 11.4. The van der Waals surface area contributed by atoms with Gasteiger partial charge in [0.25, 0.3) is 0 Å². The summed E-state index contributed by atoms with van der Waals surface area (Å²) in [6.45, 7) is 4.93. The number of hydrogen-bond donors (Lipinski definition) is 2. The van der Waals surface area contributed by atoms with Crippen molar-refractivity contribution < 1.29 is 19.1 Å². The number of hydrogen-bond acceptors (Lipinski definition) is 6. The third kappa shape index (κ3) is 4.68. The van der Waals surface area contributed by atoms with Crippen LogP contribution in [-0.4, -0.2) is 70.4 Å². The number of ether oxygens (including phenoxy) is 1. The summed E-state index contributed by atoms with van der Waals surface area (Å²) in [5.74, 6) is 0.396. The van der Waals surface area contributed by atoms with Crippen molar-refractivity contribution in [1.82, 2.24) is 20.1 Å². The molecule has 2 aliphatic heterocycles. The van der Waals surface area contributed by atoms with Gasteiger partial charge in [-0.25, -0.2) is 4.79 Å². The number of nitrogens with one attached hydrogen (secondary N) is 1. The molecular weight excluding hydrogens is 452 g/mol. The van der Waals surface area contributed by atoms with Crippen LogP contribution in [-0.2, 0) is 4.74 Å². The van der Waals surface area contributed by atoms with E-state index in [-0.39, 0.29) is 17.6 Å². The molecule has 2 aliphatic rings. The third-order valence-corrected chi connectivity index (χ3v) is 6.62. The maximum atomic E-state index is 11.4. The number of carbonyl (C=O) groups is 1. The summed E-state index contributed by atoms with van der Waals surface area (Å²) in [5.41, 5.74) is 1.82. The lowest BCUT2D eigenvalue weighted by atomic mass is 10.0. The summed E-state index contributed by atoms with van der Waals surface area (Å²) < 4.78 is 11.8. The molecule has 0 amide bonds. The molecule has 3 aromatic rings. The summed E-state index contributed by atoms with van der Waals surface area (Å²) in [7, 11) is 0. The third-order valence-electron chi connectivity index (χ3n) is 6.27. The molecule has 0 bridgehead atoms. The summed E-state index contributed by atoms with van der Waals surface area (Å²) in [4.78, 5) is 20.5. The molecule has 2 saturated heterocycles. The van der Waals surface area contributed by atoms with Crippen molar-refractivity contribution >= 4 is 23.3 Å². The second-order valence-corrected chi connectivity index (χ2v) is 8.75. The Kier molecular flexibility index (Phi) is 6.57. The number of benzene rings is 1. The minimum atomic E-state index is -0.969. The first kappa shape index (κ1) is 22.5. The second-order valence-electron chi connectivity index (χ2n) is 8.36. The zero-order chi connectivity index (χ0) is 23.5. The van der Waals surface area contributed by atoms with Gasteiger partial charge in [-0.05, 0) is 48.6 Å². The van der Waals surface area contributed by atoms with Crippen molar-refractivity contribution in [2.24, 2.45) is 0 Å². The van der Waals surface area contributed by atoms with E-state index in [2.05, 4.69) is 20.1 Å². The van der Waals surface area contributed by atoms with Crippen molar-refractivity contribution in [3.63, 3.8) is 0 Å². The van der Waals surface area contributed by atoms with Gasteiger partial charge in [0.05, 0.1) is 30.5 Å². The van der Waals surface area contributed by atoms with E-state index in [1.165, 1.54) is 0 Å². The van der Waals surface area contributed by atoms with Crippen LogP contribution >= 0.6 is 12.2 Å². The molecule has 1 aromatic carbocycles. The Bertz CT molecular complexity index is 1160. The summed E-state index contributed by atoms with van der Waals surface area (Å²) in [5, 5.41) is 13.5. The Morgan fingerprint density at radius 2 is 1.97 bits per heavy atom. The minimum Gasteiger partial charge on any atom is -0.478 e. The molecule has 4 heterocycles. The number of pyridine rings is 1. The molecule has 9 heteroatoms. The van der Waals surface area contributed by atoms with E-state index < -0.39 is 5.97 Å².